The average molecular weight is 364 g/mol. The van der Waals surface area contributed by atoms with E-state index in [9.17, 15) is 9.59 Å². The van der Waals surface area contributed by atoms with Crippen molar-refractivity contribution in [1.29, 1.82) is 0 Å². The number of hydrogen-bond acceptors (Lipinski definition) is 3. The summed E-state index contributed by atoms with van der Waals surface area (Å²) in [5, 5.41) is 6.03. The minimum absolute atomic E-state index is 0.0313. The minimum Gasteiger partial charge on any atom is -0.368 e. The van der Waals surface area contributed by atoms with E-state index in [-0.39, 0.29) is 24.0 Å². The molecule has 2 N–H and O–H groups in total. The fourth-order valence-electron chi connectivity index (χ4n) is 3.53. The largest absolute Gasteiger partial charge is 0.368 e. The molecule has 2 amide bonds. The first-order chi connectivity index (χ1) is 13.2. The Morgan fingerprint density at radius 2 is 1.81 bits per heavy atom. The maximum Gasteiger partial charge on any atom is 0.253 e. The second-order valence-corrected chi connectivity index (χ2v) is 7.27. The van der Waals surface area contributed by atoms with Crippen LogP contribution in [0.4, 0.5) is 5.69 Å². The summed E-state index contributed by atoms with van der Waals surface area (Å²) >= 11 is 0. The third-order valence-electron chi connectivity index (χ3n) is 5.15. The number of carbonyl (C=O) groups is 2. The molecule has 2 atom stereocenters. The molecule has 140 valence electrons. The fourth-order valence-corrected chi connectivity index (χ4v) is 3.53. The SMILES string of the molecule is O=C(N[C@H](c1ccccc1)C1CC1)c1cccc(NC(=O)[C@@H]2CCCO2)c1. The number of carbonyl (C=O) groups excluding carboxylic acids is 2. The summed E-state index contributed by atoms with van der Waals surface area (Å²) in [6, 6.07) is 17.2. The van der Waals surface area contributed by atoms with Crippen LogP contribution in [0.1, 0.15) is 47.6 Å². The Morgan fingerprint density at radius 1 is 1.00 bits per heavy atom. The van der Waals surface area contributed by atoms with Crippen LogP contribution in [0, 0.1) is 5.92 Å². The lowest BCUT2D eigenvalue weighted by atomic mass is 10.0. The number of anilines is 1. The Morgan fingerprint density at radius 3 is 2.52 bits per heavy atom. The van der Waals surface area contributed by atoms with Gasteiger partial charge >= 0.3 is 0 Å². The van der Waals surface area contributed by atoms with Crippen molar-refractivity contribution in [3.8, 4) is 0 Å². The van der Waals surface area contributed by atoms with E-state index in [1.807, 2.05) is 18.2 Å². The molecule has 2 fully saturated rings. The molecule has 1 aliphatic heterocycles. The first kappa shape index (κ1) is 17.7. The van der Waals surface area contributed by atoms with Crippen molar-refractivity contribution in [3.05, 3.63) is 65.7 Å². The monoisotopic (exact) mass is 364 g/mol. The maximum atomic E-state index is 12.8. The molecule has 2 aliphatic rings. The summed E-state index contributed by atoms with van der Waals surface area (Å²) in [5.74, 6) is 0.230. The number of hydrogen-bond donors (Lipinski definition) is 2. The molecule has 0 bridgehead atoms. The van der Waals surface area contributed by atoms with E-state index in [1.54, 1.807) is 24.3 Å². The molecule has 0 radical (unpaired) electrons. The summed E-state index contributed by atoms with van der Waals surface area (Å²) in [6.45, 7) is 0.628. The summed E-state index contributed by atoms with van der Waals surface area (Å²) < 4.78 is 5.41. The van der Waals surface area contributed by atoms with Gasteiger partial charge in [0.05, 0.1) is 6.04 Å². The predicted molar refractivity (Wildman–Crippen MR) is 103 cm³/mol. The molecule has 2 aromatic carbocycles. The van der Waals surface area contributed by atoms with Gasteiger partial charge < -0.3 is 15.4 Å². The molecule has 1 heterocycles. The van der Waals surface area contributed by atoms with Gasteiger partial charge in [-0.2, -0.15) is 0 Å². The molecular weight excluding hydrogens is 340 g/mol. The number of nitrogens with one attached hydrogen (secondary N) is 2. The molecule has 27 heavy (non-hydrogen) atoms. The van der Waals surface area contributed by atoms with Crippen LogP contribution < -0.4 is 10.6 Å². The number of ether oxygens (including phenoxy) is 1. The van der Waals surface area contributed by atoms with Crippen molar-refractivity contribution >= 4 is 17.5 Å². The molecule has 5 nitrogen and oxygen atoms in total. The maximum absolute atomic E-state index is 12.8. The van der Waals surface area contributed by atoms with Crippen molar-refractivity contribution < 1.29 is 14.3 Å². The highest BCUT2D eigenvalue weighted by molar-refractivity contribution is 5.98. The molecule has 0 aromatic heterocycles. The van der Waals surface area contributed by atoms with Gasteiger partial charge in [0.15, 0.2) is 0 Å². The van der Waals surface area contributed by atoms with Crippen LogP contribution in [-0.2, 0) is 9.53 Å². The van der Waals surface area contributed by atoms with Crippen LogP contribution in [0.15, 0.2) is 54.6 Å². The zero-order valence-corrected chi connectivity index (χ0v) is 15.2. The topological polar surface area (TPSA) is 67.4 Å². The molecule has 5 heteroatoms. The fraction of sp³-hybridized carbons (Fsp3) is 0.364. The van der Waals surface area contributed by atoms with E-state index in [1.165, 1.54) is 0 Å². The van der Waals surface area contributed by atoms with Crippen molar-refractivity contribution in [2.24, 2.45) is 5.92 Å². The van der Waals surface area contributed by atoms with Gasteiger partial charge in [0.2, 0.25) is 0 Å². The summed E-state index contributed by atoms with van der Waals surface area (Å²) in [4.78, 5) is 25.0. The van der Waals surface area contributed by atoms with Crippen LogP contribution in [0.25, 0.3) is 0 Å². The Kier molecular flexibility index (Phi) is 5.21. The number of rotatable bonds is 6. The highest BCUT2D eigenvalue weighted by Crippen LogP contribution is 2.41. The quantitative estimate of drug-likeness (QED) is 0.821. The highest BCUT2D eigenvalue weighted by Gasteiger charge is 2.33. The minimum atomic E-state index is -0.389. The molecule has 1 saturated heterocycles. The third-order valence-corrected chi connectivity index (χ3v) is 5.15. The Labute approximate surface area is 159 Å². The first-order valence-corrected chi connectivity index (χ1v) is 9.59. The van der Waals surface area contributed by atoms with Crippen molar-refractivity contribution in [2.45, 2.75) is 37.8 Å². The number of amides is 2. The van der Waals surface area contributed by atoms with Crippen molar-refractivity contribution in [3.63, 3.8) is 0 Å². The van der Waals surface area contributed by atoms with Crippen molar-refractivity contribution in [1.82, 2.24) is 5.32 Å². The average Bonchev–Trinajstić information content (AvgIpc) is 3.39. The zero-order chi connectivity index (χ0) is 18.6. The Hall–Kier alpha value is -2.66. The van der Waals surface area contributed by atoms with Gasteiger partial charge in [-0.1, -0.05) is 36.4 Å². The second-order valence-electron chi connectivity index (χ2n) is 7.27. The van der Waals surface area contributed by atoms with Gasteiger partial charge in [0.25, 0.3) is 11.8 Å². The molecular formula is C22H24N2O3. The lowest BCUT2D eigenvalue weighted by Gasteiger charge is -2.19. The van der Waals surface area contributed by atoms with Crippen LogP contribution in [-0.4, -0.2) is 24.5 Å². The molecule has 0 unspecified atom stereocenters. The molecule has 4 rings (SSSR count). The molecule has 0 spiro atoms. The number of benzene rings is 2. The van der Waals surface area contributed by atoms with Crippen LogP contribution in [0.5, 0.6) is 0 Å². The second kappa shape index (κ2) is 7.92. The van der Waals surface area contributed by atoms with Gasteiger partial charge in [-0.15, -0.1) is 0 Å². The third kappa shape index (κ3) is 4.37. The Balaban J connectivity index is 1.44. The van der Waals surface area contributed by atoms with E-state index in [0.29, 0.717) is 23.8 Å². The lowest BCUT2D eigenvalue weighted by Crippen LogP contribution is -2.30. The van der Waals surface area contributed by atoms with E-state index < -0.39 is 0 Å². The molecule has 1 aliphatic carbocycles. The normalized spacial score (nSPS) is 20.1. The van der Waals surface area contributed by atoms with Gasteiger partial charge in [0.1, 0.15) is 6.10 Å². The van der Waals surface area contributed by atoms with E-state index >= 15 is 0 Å². The van der Waals surface area contributed by atoms with Gasteiger partial charge in [-0.05, 0) is 55.4 Å². The van der Waals surface area contributed by atoms with E-state index in [4.69, 9.17) is 4.74 Å². The standard InChI is InChI=1S/C22H24N2O3/c25-21(24-20(16-11-12-16)15-6-2-1-3-7-15)17-8-4-9-18(14-17)23-22(26)19-10-5-13-27-19/h1-4,6-9,14,16,19-20H,5,10-13H2,(H,23,26)(H,24,25)/t19-,20+/m0/s1. The smallest absolute Gasteiger partial charge is 0.253 e. The Bertz CT molecular complexity index is 811. The first-order valence-electron chi connectivity index (χ1n) is 9.59. The van der Waals surface area contributed by atoms with Gasteiger partial charge in [-0.25, -0.2) is 0 Å². The van der Waals surface area contributed by atoms with Crippen LogP contribution in [0.3, 0.4) is 0 Å². The van der Waals surface area contributed by atoms with Crippen LogP contribution >= 0.6 is 0 Å². The lowest BCUT2D eigenvalue weighted by molar-refractivity contribution is -0.124. The predicted octanol–water partition coefficient (Wildman–Crippen LogP) is 3.69. The molecule has 2 aromatic rings. The highest BCUT2D eigenvalue weighted by atomic mass is 16.5. The van der Waals surface area contributed by atoms with Gasteiger partial charge in [-0.3, -0.25) is 9.59 Å². The van der Waals surface area contributed by atoms with E-state index in [2.05, 4.69) is 22.8 Å². The summed E-state index contributed by atoms with van der Waals surface area (Å²) in [7, 11) is 0. The van der Waals surface area contributed by atoms with Gasteiger partial charge in [0, 0.05) is 17.9 Å². The summed E-state index contributed by atoms with van der Waals surface area (Å²) in [6.07, 6.45) is 3.53. The van der Waals surface area contributed by atoms with Crippen LogP contribution in [0.2, 0.25) is 0 Å². The van der Waals surface area contributed by atoms with Crippen molar-refractivity contribution in [2.75, 3.05) is 11.9 Å². The summed E-state index contributed by atoms with van der Waals surface area (Å²) in [5.41, 5.74) is 2.30. The molecule has 1 saturated carbocycles. The van der Waals surface area contributed by atoms with E-state index in [0.717, 1.165) is 31.2 Å². The zero-order valence-electron chi connectivity index (χ0n) is 15.2.